The van der Waals surface area contributed by atoms with Gasteiger partial charge in [0.1, 0.15) is 24.2 Å². The lowest BCUT2D eigenvalue weighted by molar-refractivity contribution is -0.385. The Morgan fingerprint density at radius 3 is 3.00 bits per heavy atom. The van der Waals surface area contributed by atoms with Crippen LogP contribution in [0.15, 0.2) is 23.1 Å². The summed E-state index contributed by atoms with van der Waals surface area (Å²) in [5.41, 5.74) is -0.0217. The summed E-state index contributed by atoms with van der Waals surface area (Å²) in [4.78, 5) is 20.7. The average molecular weight is 339 g/mol. The van der Waals surface area contributed by atoms with Crippen LogP contribution in [-0.4, -0.2) is 38.2 Å². The average Bonchev–Trinajstić information content (AvgIpc) is 3.09. The molecule has 0 unspecified atom stereocenters. The number of H-pyrrole nitrogens is 1. The molecule has 3 heterocycles. The molecule has 0 radical (unpaired) electrons. The maximum absolute atomic E-state index is 10.7. The van der Waals surface area contributed by atoms with E-state index >= 15 is 0 Å². The minimum Gasteiger partial charge on any atom is -0.355 e. The van der Waals surface area contributed by atoms with Crippen LogP contribution in [0.3, 0.4) is 0 Å². The Bertz CT molecular complexity index is 632. The molecule has 0 bridgehead atoms. The summed E-state index contributed by atoms with van der Waals surface area (Å²) in [6.07, 6.45) is 3.72. The van der Waals surface area contributed by atoms with E-state index in [-0.39, 0.29) is 11.6 Å². The van der Waals surface area contributed by atoms with Crippen molar-refractivity contribution in [3.8, 4) is 0 Å². The first-order valence-electron chi connectivity index (χ1n) is 6.05. The maximum Gasteiger partial charge on any atom is 0.288 e. The van der Waals surface area contributed by atoms with E-state index in [9.17, 15) is 10.1 Å². The van der Waals surface area contributed by atoms with Gasteiger partial charge in [0.15, 0.2) is 0 Å². The molecular formula is C11H11BrN6O2. The standard InChI is InChI=1S/C11H11BrN6O2/c12-9-3-8(18(19)20)4-13-11(9)17-2-1-7(5-17)10-14-6-15-16-10/h3-4,6-7H,1-2,5H2,(H,14,15,16)/t7-/m0/s1. The Morgan fingerprint density at radius 2 is 2.35 bits per heavy atom. The molecule has 1 N–H and O–H groups in total. The largest absolute Gasteiger partial charge is 0.355 e. The summed E-state index contributed by atoms with van der Waals surface area (Å²) in [5, 5.41) is 17.4. The third kappa shape index (κ3) is 2.36. The smallest absolute Gasteiger partial charge is 0.288 e. The molecular weight excluding hydrogens is 328 g/mol. The van der Waals surface area contributed by atoms with E-state index in [1.54, 1.807) is 0 Å². The van der Waals surface area contributed by atoms with Gasteiger partial charge in [0.2, 0.25) is 0 Å². The summed E-state index contributed by atoms with van der Waals surface area (Å²) in [6.45, 7) is 1.59. The lowest BCUT2D eigenvalue weighted by Gasteiger charge is -2.18. The van der Waals surface area contributed by atoms with Gasteiger partial charge in [0, 0.05) is 25.1 Å². The minimum absolute atomic E-state index is 0.0217. The fourth-order valence-corrected chi connectivity index (χ4v) is 2.93. The van der Waals surface area contributed by atoms with Gasteiger partial charge in [-0.15, -0.1) is 0 Å². The predicted molar refractivity (Wildman–Crippen MR) is 74.5 cm³/mol. The highest BCUT2D eigenvalue weighted by atomic mass is 79.9. The van der Waals surface area contributed by atoms with E-state index in [4.69, 9.17) is 0 Å². The number of nitro groups is 1. The number of hydrogen-bond donors (Lipinski definition) is 1. The number of nitrogens with zero attached hydrogens (tertiary/aromatic N) is 5. The van der Waals surface area contributed by atoms with Crippen molar-refractivity contribution >= 4 is 27.4 Å². The Hall–Kier alpha value is -2.03. The molecule has 20 heavy (non-hydrogen) atoms. The van der Waals surface area contributed by atoms with Crippen molar-refractivity contribution in [2.75, 3.05) is 18.0 Å². The van der Waals surface area contributed by atoms with Gasteiger partial charge in [-0.1, -0.05) is 0 Å². The number of halogens is 1. The molecule has 0 aliphatic carbocycles. The zero-order valence-electron chi connectivity index (χ0n) is 10.4. The molecule has 8 nitrogen and oxygen atoms in total. The Labute approximate surface area is 122 Å². The lowest BCUT2D eigenvalue weighted by atomic mass is 10.1. The van der Waals surface area contributed by atoms with Gasteiger partial charge in [0.25, 0.3) is 5.69 Å². The Kier molecular flexibility index (Phi) is 3.35. The Balaban J connectivity index is 1.79. The first-order chi connectivity index (χ1) is 9.65. The van der Waals surface area contributed by atoms with Crippen LogP contribution in [0.2, 0.25) is 0 Å². The molecule has 2 aromatic heterocycles. The fraction of sp³-hybridized carbons (Fsp3) is 0.364. The van der Waals surface area contributed by atoms with Crippen LogP contribution in [0, 0.1) is 10.1 Å². The quantitative estimate of drug-likeness (QED) is 0.677. The van der Waals surface area contributed by atoms with E-state index in [0.29, 0.717) is 4.47 Å². The van der Waals surface area contributed by atoms with Crippen molar-refractivity contribution < 1.29 is 4.92 Å². The number of pyridine rings is 1. The molecule has 1 aliphatic rings. The molecule has 0 saturated carbocycles. The Morgan fingerprint density at radius 1 is 1.50 bits per heavy atom. The molecule has 9 heteroatoms. The van der Waals surface area contributed by atoms with Gasteiger partial charge in [-0.3, -0.25) is 15.2 Å². The molecule has 1 aliphatic heterocycles. The molecule has 2 aromatic rings. The van der Waals surface area contributed by atoms with Crippen LogP contribution in [0.4, 0.5) is 11.5 Å². The topological polar surface area (TPSA) is 101 Å². The second kappa shape index (κ2) is 5.16. The number of aromatic nitrogens is 4. The summed E-state index contributed by atoms with van der Waals surface area (Å²) in [6, 6.07) is 1.48. The number of rotatable bonds is 3. The van der Waals surface area contributed by atoms with Crippen molar-refractivity contribution in [1.29, 1.82) is 0 Å². The van der Waals surface area contributed by atoms with E-state index < -0.39 is 4.92 Å². The van der Waals surface area contributed by atoms with Gasteiger partial charge in [-0.2, -0.15) is 5.10 Å². The third-order valence-electron chi connectivity index (χ3n) is 3.33. The van der Waals surface area contributed by atoms with Crippen LogP contribution >= 0.6 is 15.9 Å². The van der Waals surface area contributed by atoms with Crippen LogP contribution in [0.5, 0.6) is 0 Å². The van der Waals surface area contributed by atoms with Crippen LogP contribution in [-0.2, 0) is 0 Å². The fourth-order valence-electron chi connectivity index (χ4n) is 2.34. The van der Waals surface area contributed by atoms with Crippen molar-refractivity contribution in [2.24, 2.45) is 0 Å². The SMILES string of the molecule is O=[N+]([O-])c1cnc(N2CC[C@H](c3ncn[nH]3)C2)c(Br)c1. The molecule has 1 fully saturated rings. The van der Waals surface area contributed by atoms with Crippen molar-refractivity contribution in [3.63, 3.8) is 0 Å². The van der Waals surface area contributed by atoms with Crippen LogP contribution < -0.4 is 4.90 Å². The van der Waals surface area contributed by atoms with Crippen LogP contribution in [0.25, 0.3) is 0 Å². The van der Waals surface area contributed by atoms with Gasteiger partial charge in [-0.05, 0) is 22.4 Å². The van der Waals surface area contributed by atoms with Crippen molar-refractivity contribution in [1.82, 2.24) is 20.2 Å². The van der Waals surface area contributed by atoms with Gasteiger partial charge >= 0.3 is 0 Å². The third-order valence-corrected chi connectivity index (χ3v) is 3.91. The molecule has 0 amide bonds. The van der Waals surface area contributed by atoms with Crippen LogP contribution in [0.1, 0.15) is 18.2 Å². The summed E-state index contributed by atoms with van der Waals surface area (Å²) in [7, 11) is 0. The first-order valence-corrected chi connectivity index (χ1v) is 6.84. The summed E-state index contributed by atoms with van der Waals surface area (Å²) in [5.74, 6) is 1.87. The maximum atomic E-state index is 10.7. The summed E-state index contributed by atoms with van der Waals surface area (Å²) < 4.78 is 0.630. The minimum atomic E-state index is -0.456. The lowest BCUT2D eigenvalue weighted by Crippen LogP contribution is -2.21. The second-order valence-electron chi connectivity index (χ2n) is 4.56. The molecule has 104 valence electrons. The van der Waals surface area contributed by atoms with E-state index in [2.05, 4.69) is 41.0 Å². The molecule has 3 rings (SSSR count). The monoisotopic (exact) mass is 338 g/mol. The van der Waals surface area contributed by atoms with E-state index in [1.165, 1.54) is 18.6 Å². The summed E-state index contributed by atoms with van der Waals surface area (Å²) >= 11 is 3.35. The molecule has 0 spiro atoms. The first kappa shape index (κ1) is 13.0. The van der Waals surface area contributed by atoms with E-state index in [1.807, 2.05) is 0 Å². The van der Waals surface area contributed by atoms with Crippen molar-refractivity contribution in [2.45, 2.75) is 12.3 Å². The second-order valence-corrected chi connectivity index (χ2v) is 5.41. The van der Waals surface area contributed by atoms with Gasteiger partial charge < -0.3 is 4.90 Å². The zero-order chi connectivity index (χ0) is 14.1. The number of anilines is 1. The highest BCUT2D eigenvalue weighted by molar-refractivity contribution is 9.10. The molecule has 0 aromatic carbocycles. The van der Waals surface area contributed by atoms with Crippen molar-refractivity contribution in [3.05, 3.63) is 39.0 Å². The molecule has 1 saturated heterocycles. The predicted octanol–water partition coefficient (Wildman–Crippen LogP) is 1.86. The highest BCUT2D eigenvalue weighted by Crippen LogP contribution is 2.33. The number of hydrogen-bond acceptors (Lipinski definition) is 6. The van der Waals surface area contributed by atoms with Gasteiger partial charge in [-0.25, -0.2) is 9.97 Å². The normalized spacial score (nSPS) is 18.4. The number of nitrogens with one attached hydrogen (secondary N) is 1. The number of aromatic amines is 1. The zero-order valence-corrected chi connectivity index (χ0v) is 11.9. The molecule has 1 atom stereocenters. The van der Waals surface area contributed by atoms with E-state index in [0.717, 1.165) is 31.2 Å². The highest BCUT2D eigenvalue weighted by Gasteiger charge is 2.28. The van der Waals surface area contributed by atoms with Gasteiger partial charge in [0.05, 0.1) is 9.40 Å².